The Hall–Kier alpha value is -2.07. The number of fused-ring (bicyclic) bond motifs is 1. The van der Waals surface area contributed by atoms with E-state index in [2.05, 4.69) is 0 Å². The highest BCUT2D eigenvalue weighted by Gasteiger charge is 2.58. The summed E-state index contributed by atoms with van der Waals surface area (Å²) in [6.07, 6.45) is -4.68. The van der Waals surface area contributed by atoms with Gasteiger partial charge in [-0.2, -0.15) is 0 Å². The fourth-order valence-corrected chi connectivity index (χ4v) is 3.09. The lowest BCUT2D eigenvalue weighted by Crippen LogP contribution is -2.65. The highest BCUT2D eigenvalue weighted by atomic mass is 16.8. The normalized spacial score (nSPS) is 34.8. The molecule has 0 N–H and O–H groups in total. The monoisotopic (exact) mass is 353 g/mol. The molecule has 2 fully saturated rings. The van der Waals surface area contributed by atoms with Crippen molar-refractivity contribution in [3.63, 3.8) is 0 Å². The number of carbonyl (C=O) groups excluding carboxylic acids is 1. The Morgan fingerprint density at radius 1 is 1.28 bits per heavy atom. The molecule has 3 rings (SSSR count). The summed E-state index contributed by atoms with van der Waals surface area (Å²) in [4.78, 5) is 22.5. The summed E-state index contributed by atoms with van der Waals surface area (Å²) < 4.78 is 27.4. The van der Waals surface area contributed by atoms with E-state index >= 15 is 0 Å². The average Bonchev–Trinajstić information content (AvgIpc) is 2.60. The summed E-state index contributed by atoms with van der Waals surface area (Å²) in [5.41, 5.74) is 0.737. The Balaban J connectivity index is 1.86. The molecular formula is C16H19NO8. The molecule has 2 heterocycles. The van der Waals surface area contributed by atoms with Crippen LogP contribution in [0, 0.1) is 10.1 Å². The number of nitro groups is 1. The molecule has 9 nitrogen and oxygen atoms in total. The van der Waals surface area contributed by atoms with Gasteiger partial charge in [0.25, 0.3) is 6.04 Å². The van der Waals surface area contributed by atoms with Gasteiger partial charge >= 0.3 is 5.97 Å². The van der Waals surface area contributed by atoms with Crippen molar-refractivity contribution in [2.75, 3.05) is 13.7 Å². The molecule has 0 aliphatic carbocycles. The number of carbonyl (C=O) groups is 1. The molecule has 1 aromatic carbocycles. The van der Waals surface area contributed by atoms with E-state index < -0.39 is 47.8 Å². The lowest BCUT2D eigenvalue weighted by atomic mass is 9.95. The third-order valence-electron chi connectivity index (χ3n) is 4.16. The van der Waals surface area contributed by atoms with Gasteiger partial charge in [0.15, 0.2) is 12.4 Å². The number of nitrogens with zero attached hydrogens (tertiary/aromatic N) is 1. The first kappa shape index (κ1) is 17.7. The predicted octanol–water partition coefficient (Wildman–Crippen LogP) is 1.05. The molecule has 0 saturated carbocycles. The van der Waals surface area contributed by atoms with Gasteiger partial charge in [-0.05, 0) is 0 Å². The minimum Gasteiger partial charge on any atom is -0.450 e. The lowest BCUT2D eigenvalue weighted by Gasteiger charge is -2.44. The van der Waals surface area contributed by atoms with Gasteiger partial charge in [0, 0.05) is 24.5 Å². The first-order valence-corrected chi connectivity index (χ1v) is 7.82. The molecule has 2 aliphatic rings. The zero-order valence-corrected chi connectivity index (χ0v) is 13.8. The van der Waals surface area contributed by atoms with Crippen LogP contribution in [0.15, 0.2) is 30.3 Å². The van der Waals surface area contributed by atoms with Gasteiger partial charge in [0.05, 0.1) is 6.61 Å². The van der Waals surface area contributed by atoms with Crippen molar-refractivity contribution in [3.05, 3.63) is 46.0 Å². The van der Waals surface area contributed by atoms with Crippen LogP contribution in [-0.4, -0.2) is 55.3 Å². The third kappa shape index (κ3) is 3.64. The molecule has 0 spiro atoms. The molecule has 2 saturated heterocycles. The summed E-state index contributed by atoms with van der Waals surface area (Å²) in [6, 6.07) is 7.76. The maximum Gasteiger partial charge on any atom is 0.303 e. The van der Waals surface area contributed by atoms with Crippen LogP contribution in [0.4, 0.5) is 0 Å². The zero-order valence-electron chi connectivity index (χ0n) is 13.8. The molecule has 9 heteroatoms. The molecule has 25 heavy (non-hydrogen) atoms. The summed E-state index contributed by atoms with van der Waals surface area (Å²) in [5.74, 6) is -0.660. The van der Waals surface area contributed by atoms with Crippen molar-refractivity contribution in [1.29, 1.82) is 0 Å². The van der Waals surface area contributed by atoms with Crippen molar-refractivity contribution in [1.82, 2.24) is 0 Å². The SMILES string of the molecule is COC1OC2COC(c3ccccc3)OC2C([N+](=O)[O-])C1OC(C)=O. The number of hydrogen-bond donors (Lipinski definition) is 0. The molecule has 1 aromatic rings. The van der Waals surface area contributed by atoms with Crippen molar-refractivity contribution < 1.29 is 33.4 Å². The van der Waals surface area contributed by atoms with Crippen LogP contribution in [0.2, 0.25) is 0 Å². The van der Waals surface area contributed by atoms with E-state index in [1.807, 2.05) is 18.2 Å². The second-order valence-electron chi connectivity index (χ2n) is 5.81. The first-order valence-electron chi connectivity index (χ1n) is 7.82. The van der Waals surface area contributed by atoms with E-state index in [9.17, 15) is 14.9 Å². The Labute approximate surface area is 143 Å². The van der Waals surface area contributed by atoms with Gasteiger partial charge in [0.1, 0.15) is 6.10 Å². The van der Waals surface area contributed by atoms with E-state index in [1.54, 1.807) is 12.1 Å². The van der Waals surface area contributed by atoms with Crippen molar-refractivity contribution >= 4 is 5.97 Å². The summed E-state index contributed by atoms with van der Waals surface area (Å²) in [5, 5.41) is 11.7. The molecule has 0 radical (unpaired) electrons. The Morgan fingerprint density at radius 3 is 2.60 bits per heavy atom. The Morgan fingerprint density at radius 2 is 2.00 bits per heavy atom. The molecule has 136 valence electrons. The quantitative estimate of drug-likeness (QED) is 0.449. The van der Waals surface area contributed by atoms with E-state index in [0.29, 0.717) is 0 Å². The molecular weight excluding hydrogens is 334 g/mol. The van der Waals surface area contributed by atoms with Gasteiger partial charge in [0.2, 0.25) is 12.4 Å². The van der Waals surface area contributed by atoms with Crippen LogP contribution in [-0.2, 0) is 28.5 Å². The van der Waals surface area contributed by atoms with Crippen LogP contribution in [0.25, 0.3) is 0 Å². The van der Waals surface area contributed by atoms with Crippen molar-refractivity contribution in [2.45, 2.75) is 43.9 Å². The average molecular weight is 353 g/mol. The van der Waals surface area contributed by atoms with Crippen LogP contribution < -0.4 is 0 Å². The van der Waals surface area contributed by atoms with Crippen LogP contribution in [0.1, 0.15) is 18.8 Å². The maximum atomic E-state index is 11.7. The molecule has 0 bridgehead atoms. The number of rotatable bonds is 4. The van der Waals surface area contributed by atoms with E-state index in [4.69, 9.17) is 23.7 Å². The first-order chi connectivity index (χ1) is 12.0. The summed E-state index contributed by atoms with van der Waals surface area (Å²) in [6.45, 7) is 1.27. The van der Waals surface area contributed by atoms with E-state index in [0.717, 1.165) is 5.56 Å². The Bertz CT molecular complexity index is 624. The molecule has 2 aliphatic heterocycles. The van der Waals surface area contributed by atoms with E-state index in [1.165, 1.54) is 14.0 Å². The van der Waals surface area contributed by atoms with Gasteiger partial charge in [-0.3, -0.25) is 14.9 Å². The predicted molar refractivity (Wildman–Crippen MR) is 82.0 cm³/mol. The number of methoxy groups -OCH3 is 1. The molecule has 6 atom stereocenters. The molecule has 6 unspecified atom stereocenters. The minimum absolute atomic E-state index is 0.0984. The molecule has 0 amide bonds. The number of ether oxygens (including phenoxy) is 5. The van der Waals surface area contributed by atoms with Gasteiger partial charge in [-0.1, -0.05) is 30.3 Å². The van der Waals surface area contributed by atoms with Gasteiger partial charge in [-0.25, -0.2) is 0 Å². The summed E-state index contributed by atoms with van der Waals surface area (Å²) in [7, 11) is 1.33. The van der Waals surface area contributed by atoms with Gasteiger partial charge in [-0.15, -0.1) is 0 Å². The minimum atomic E-state index is -1.33. The smallest absolute Gasteiger partial charge is 0.303 e. The summed E-state index contributed by atoms with van der Waals surface area (Å²) >= 11 is 0. The van der Waals surface area contributed by atoms with Crippen LogP contribution in [0.5, 0.6) is 0 Å². The van der Waals surface area contributed by atoms with E-state index in [-0.39, 0.29) is 6.61 Å². The fraction of sp³-hybridized carbons (Fsp3) is 0.562. The fourth-order valence-electron chi connectivity index (χ4n) is 3.09. The second-order valence-corrected chi connectivity index (χ2v) is 5.81. The maximum absolute atomic E-state index is 11.7. The second kappa shape index (κ2) is 7.44. The number of hydrogen-bond acceptors (Lipinski definition) is 8. The lowest BCUT2D eigenvalue weighted by molar-refractivity contribution is -0.573. The third-order valence-corrected chi connectivity index (χ3v) is 4.16. The topological polar surface area (TPSA) is 106 Å². The number of benzene rings is 1. The molecule has 0 aromatic heterocycles. The van der Waals surface area contributed by atoms with Crippen LogP contribution in [0.3, 0.4) is 0 Å². The Kier molecular flexibility index (Phi) is 5.28. The van der Waals surface area contributed by atoms with Crippen LogP contribution >= 0.6 is 0 Å². The highest BCUT2D eigenvalue weighted by molar-refractivity contribution is 5.66. The van der Waals surface area contributed by atoms with Crippen molar-refractivity contribution in [2.24, 2.45) is 0 Å². The highest BCUT2D eigenvalue weighted by Crippen LogP contribution is 2.36. The largest absolute Gasteiger partial charge is 0.450 e. The number of esters is 1. The standard InChI is InChI=1S/C16H19NO8/c1-9(18)23-14-12(17(19)20)13-11(24-16(14)21-2)8-22-15(25-13)10-6-4-3-5-7-10/h3-7,11-16H,8H2,1-2H3. The van der Waals surface area contributed by atoms with Crippen molar-refractivity contribution in [3.8, 4) is 0 Å². The zero-order chi connectivity index (χ0) is 18.0. The van der Waals surface area contributed by atoms with Gasteiger partial charge < -0.3 is 23.7 Å².